The van der Waals surface area contributed by atoms with Gasteiger partial charge < -0.3 is 0 Å². The minimum atomic E-state index is 0. The Morgan fingerprint density at radius 1 is 0.378 bits per heavy atom. The predicted octanol–water partition coefficient (Wildman–Crippen LogP) is 10.5. The van der Waals surface area contributed by atoms with E-state index in [-0.39, 0.29) is 7.43 Å². The van der Waals surface area contributed by atoms with Crippen LogP contribution in [0.2, 0.25) is 0 Å². The van der Waals surface area contributed by atoms with Crippen LogP contribution in [-0.4, -0.2) is 0 Å². The summed E-state index contributed by atoms with van der Waals surface area (Å²) in [5.41, 5.74) is 15.2. The highest BCUT2D eigenvalue weighted by Gasteiger charge is 2.16. The predicted molar refractivity (Wildman–Crippen MR) is 163 cm³/mol. The van der Waals surface area contributed by atoms with Crippen LogP contribution in [0.1, 0.15) is 46.4 Å². The van der Waals surface area contributed by atoms with Crippen molar-refractivity contribution in [2.45, 2.75) is 48.5 Å². The number of hydrogen-bond acceptors (Lipinski definition) is 0. The summed E-state index contributed by atoms with van der Waals surface area (Å²) in [6.07, 6.45) is 1.10. The Bertz CT molecular complexity index is 1440. The van der Waals surface area contributed by atoms with Crippen molar-refractivity contribution in [3.05, 3.63) is 154 Å². The molecule has 6 rings (SSSR count). The number of hydrogen-bond donors (Lipinski definition) is 0. The molecule has 0 saturated heterocycles. The van der Waals surface area contributed by atoms with Gasteiger partial charge in [-0.2, -0.15) is 0 Å². The van der Waals surface area contributed by atoms with Crippen molar-refractivity contribution in [2.24, 2.45) is 0 Å². The first-order valence-corrected chi connectivity index (χ1v) is 12.7. The van der Waals surface area contributed by atoms with Crippen molar-refractivity contribution >= 4 is 0 Å². The second-order valence-corrected chi connectivity index (χ2v) is 9.78. The molecule has 0 spiro atoms. The molecule has 0 N–H and O–H groups in total. The van der Waals surface area contributed by atoms with E-state index in [1.54, 1.807) is 0 Å². The minimum absolute atomic E-state index is 0. The highest BCUT2D eigenvalue weighted by atomic mass is 14.2. The van der Waals surface area contributed by atoms with E-state index < -0.39 is 0 Å². The maximum Gasteiger partial charge on any atom is -0.00134 e. The third kappa shape index (κ3) is 7.08. The Morgan fingerprint density at radius 3 is 1.51 bits per heavy atom. The van der Waals surface area contributed by atoms with Crippen LogP contribution in [0, 0.1) is 34.6 Å². The summed E-state index contributed by atoms with van der Waals surface area (Å²) in [5, 5.41) is 0. The highest BCUT2D eigenvalue weighted by molar-refractivity contribution is 5.76. The van der Waals surface area contributed by atoms with Gasteiger partial charge in [-0.25, -0.2) is 0 Å². The van der Waals surface area contributed by atoms with Gasteiger partial charge >= 0.3 is 0 Å². The van der Waals surface area contributed by atoms with Gasteiger partial charge in [0, 0.05) is 0 Å². The van der Waals surface area contributed by atoms with Crippen LogP contribution in [-0.2, 0) is 6.42 Å². The van der Waals surface area contributed by atoms with E-state index in [1.807, 2.05) is 18.2 Å². The van der Waals surface area contributed by atoms with Crippen molar-refractivity contribution in [3.63, 3.8) is 0 Å². The van der Waals surface area contributed by atoms with Gasteiger partial charge in [0.25, 0.3) is 0 Å². The Kier molecular flexibility index (Phi) is 9.64. The van der Waals surface area contributed by atoms with E-state index in [0.717, 1.165) is 6.42 Å². The Balaban J connectivity index is 0.000000161. The van der Waals surface area contributed by atoms with Crippen LogP contribution in [0.5, 0.6) is 0 Å². The maximum atomic E-state index is 2.30. The zero-order valence-corrected chi connectivity index (χ0v) is 22.2. The zero-order valence-electron chi connectivity index (χ0n) is 22.2. The Hall–Kier alpha value is -3.90. The molecule has 0 aromatic heterocycles. The summed E-state index contributed by atoms with van der Waals surface area (Å²) in [7, 11) is 0. The molecule has 0 bridgehead atoms. The van der Waals surface area contributed by atoms with Gasteiger partial charge in [-0.05, 0) is 85.5 Å². The number of fused-ring (bicyclic) bond motifs is 3. The fourth-order valence-corrected chi connectivity index (χ4v) is 4.80. The van der Waals surface area contributed by atoms with Crippen LogP contribution in [0.4, 0.5) is 0 Å². The smallest absolute Gasteiger partial charge is 0.00134 e. The maximum absolute atomic E-state index is 2.30. The van der Waals surface area contributed by atoms with Crippen molar-refractivity contribution in [1.29, 1.82) is 0 Å². The lowest BCUT2D eigenvalue weighted by molar-refractivity contribution is 1.25. The summed E-state index contributed by atoms with van der Waals surface area (Å²) in [4.78, 5) is 0. The molecule has 1 aliphatic carbocycles. The molecule has 5 aromatic carbocycles. The SMILES string of the molecule is C.Cc1ccc(-c2ccccc2C)c(C)c1.Cc1ccc2c(c1)Cc1ccccc1-2.Cc1ccccc1. The molecule has 1 aliphatic rings. The molecule has 0 heteroatoms. The van der Waals surface area contributed by atoms with E-state index >= 15 is 0 Å². The molecule has 0 radical (unpaired) electrons. The lowest BCUT2D eigenvalue weighted by Gasteiger charge is -2.09. The molecule has 188 valence electrons. The highest BCUT2D eigenvalue weighted by Crippen LogP contribution is 2.36. The van der Waals surface area contributed by atoms with Crippen LogP contribution >= 0.6 is 0 Å². The summed E-state index contributed by atoms with van der Waals surface area (Å²) in [6, 6.07) is 40.9. The lowest BCUT2D eigenvalue weighted by Crippen LogP contribution is -1.87. The van der Waals surface area contributed by atoms with Gasteiger partial charge in [0.2, 0.25) is 0 Å². The molecule has 0 fully saturated rings. The normalized spacial score (nSPS) is 10.5. The monoisotopic (exact) mass is 484 g/mol. The van der Waals surface area contributed by atoms with E-state index in [9.17, 15) is 0 Å². The van der Waals surface area contributed by atoms with E-state index in [4.69, 9.17) is 0 Å². The molecular formula is C37H40. The van der Waals surface area contributed by atoms with Crippen molar-refractivity contribution in [3.8, 4) is 22.3 Å². The molecule has 0 atom stereocenters. The Labute approximate surface area is 224 Å². The first-order chi connectivity index (χ1) is 17.4. The number of rotatable bonds is 1. The second kappa shape index (κ2) is 12.9. The topological polar surface area (TPSA) is 0 Å². The van der Waals surface area contributed by atoms with Crippen molar-refractivity contribution < 1.29 is 0 Å². The van der Waals surface area contributed by atoms with Gasteiger partial charge in [-0.15, -0.1) is 0 Å². The van der Waals surface area contributed by atoms with Gasteiger partial charge in [0.1, 0.15) is 0 Å². The van der Waals surface area contributed by atoms with Gasteiger partial charge in [-0.1, -0.05) is 139 Å². The molecule has 0 nitrogen and oxygen atoms in total. The zero-order chi connectivity index (χ0) is 25.5. The molecule has 5 aromatic rings. The van der Waals surface area contributed by atoms with Crippen molar-refractivity contribution in [1.82, 2.24) is 0 Å². The summed E-state index contributed by atoms with van der Waals surface area (Å²) < 4.78 is 0. The largest absolute Gasteiger partial charge is 0.0776 e. The molecule has 37 heavy (non-hydrogen) atoms. The Morgan fingerprint density at radius 2 is 0.892 bits per heavy atom. The molecular weight excluding hydrogens is 444 g/mol. The molecule has 0 unspecified atom stereocenters. The number of benzene rings is 5. The quantitative estimate of drug-likeness (QED) is 0.218. The molecule has 0 aliphatic heterocycles. The average Bonchev–Trinajstić information content (AvgIpc) is 3.24. The van der Waals surface area contributed by atoms with Gasteiger partial charge in [0.15, 0.2) is 0 Å². The third-order valence-corrected chi connectivity index (χ3v) is 6.71. The van der Waals surface area contributed by atoms with E-state index in [1.165, 1.54) is 61.2 Å². The van der Waals surface area contributed by atoms with Crippen LogP contribution < -0.4 is 0 Å². The van der Waals surface area contributed by atoms with E-state index in [0.29, 0.717) is 0 Å². The molecule has 0 saturated carbocycles. The fourth-order valence-electron chi connectivity index (χ4n) is 4.80. The molecule has 0 amide bonds. The first-order valence-electron chi connectivity index (χ1n) is 12.7. The standard InChI is InChI=1S/C15H16.C14H12.C7H8.CH4/c1-11-8-9-15(13(3)10-11)14-7-5-4-6-12(14)2;1-10-6-7-14-12(8-10)9-11-4-2-3-5-13(11)14;1-7-5-3-2-4-6-7;/h4-10H,1-3H3;2-8H,9H2,1H3;2-6H,1H3;1H4. The summed E-state index contributed by atoms with van der Waals surface area (Å²) in [6.45, 7) is 10.7. The van der Waals surface area contributed by atoms with Crippen molar-refractivity contribution in [2.75, 3.05) is 0 Å². The number of aryl methyl sites for hydroxylation is 5. The second-order valence-electron chi connectivity index (χ2n) is 9.78. The van der Waals surface area contributed by atoms with Crippen LogP contribution in [0.3, 0.4) is 0 Å². The van der Waals surface area contributed by atoms with Crippen LogP contribution in [0.15, 0.2) is 115 Å². The van der Waals surface area contributed by atoms with Gasteiger partial charge in [-0.3, -0.25) is 0 Å². The third-order valence-electron chi connectivity index (χ3n) is 6.71. The van der Waals surface area contributed by atoms with Crippen LogP contribution in [0.25, 0.3) is 22.3 Å². The lowest BCUT2D eigenvalue weighted by atomic mass is 9.95. The summed E-state index contributed by atoms with van der Waals surface area (Å²) in [5.74, 6) is 0. The molecule has 0 heterocycles. The van der Waals surface area contributed by atoms with Gasteiger partial charge in [0.05, 0.1) is 0 Å². The minimum Gasteiger partial charge on any atom is -0.0776 e. The average molecular weight is 485 g/mol. The summed E-state index contributed by atoms with van der Waals surface area (Å²) >= 11 is 0. The fraction of sp³-hybridized carbons (Fsp3) is 0.189. The first kappa shape index (κ1) is 27.7. The van der Waals surface area contributed by atoms with E-state index in [2.05, 4.69) is 132 Å².